The van der Waals surface area contributed by atoms with Gasteiger partial charge in [-0.05, 0) is 49.3 Å². The third-order valence-corrected chi connectivity index (χ3v) is 5.98. The molecule has 0 bridgehead atoms. The summed E-state index contributed by atoms with van der Waals surface area (Å²) in [6.45, 7) is 2.04. The summed E-state index contributed by atoms with van der Waals surface area (Å²) >= 11 is 11.9. The second-order valence-corrected chi connectivity index (χ2v) is 7.99. The maximum absolute atomic E-state index is 12.2. The Bertz CT molecular complexity index is 683. The molecule has 0 radical (unpaired) electrons. The largest absolute Gasteiger partial charge is 0.482 e. The molecule has 1 aromatic carbocycles. The monoisotopic (exact) mass is 398 g/mol. The van der Waals surface area contributed by atoms with Crippen LogP contribution in [0.15, 0.2) is 18.2 Å². The maximum atomic E-state index is 12.2. The van der Waals surface area contributed by atoms with Crippen LogP contribution in [0.1, 0.15) is 39.0 Å². The minimum absolute atomic E-state index is 0.0592. The summed E-state index contributed by atoms with van der Waals surface area (Å²) in [5, 5.41) is 7.01. The number of halogens is 2. The van der Waals surface area contributed by atoms with Crippen LogP contribution in [-0.2, 0) is 9.59 Å². The van der Waals surface area contributed by atoms with E-state index in [1.165, 1.54) is 0 Å². The Balaban J connectivity index is 1.50. The van der Waals surface area contributed by atoms with E-state index in [2.05, 4.69) is 17.6 Å². The Kier molecular flexibility index (Phi) is 6.30. The fraction of sp³-hybridized carbons (Fsp3) is 0.579. The third kappa shape index (κ3) is 4.63. The molecule has 26 heavy (non-hydrogen) atoms. The molecule has 142 valence electrons. The molecule has 1 heterocycles. The number of fused-ring (bicyclic) bond motifs is 1. The molecule has 3 rings (SSSR count). The zero-order valence-corrected chi connectivity index (χ0v) is 16.3. The molecule has 2 amide bonds. The van der Waals surface area contributed by atoms with Gasteiger partial charge in [-0.3, -0.25) is 9.59 Å². The summed E-state index contributed by atoms with van der Waals surface area (Å²) < 4.78 is 5.48. The van der Waals surface area contributed by atoms with Crippen LogP contribution in [-0.4, -0.2) is 30.5 Å². The number of ether oxygens (including phenoxy) is 1. The number of carbonyl (C=O) groups is 2. The SMILES string of the molecule is CCC1CC(=O)NC2CC(NC(=O)COc3ccc(Cl)cc3Cl)CCC12. The Hall–Kier alpha value is -1.46. The molecule has 4 atom stereocenters. The molecule has 0 aromatic heterocycles. The van der Waals surface area contributed by atoms with Gasteiger partial charge in [-0.15, -0.1) is 0 Å². The molecule has 1 aliphatic carbocycles. The van der Waals surface area contributed by atoms with Crippen molar-refractivity contribution in [2.45, 2.75) is 51.1 Å². The topological polar surface area (TPSA) is 67.4 Å². The van der Waals surface area contributed by atoms with E-state index in [1.54, 1.807) is 18.2 Å². The molecule has 5 nitrogen and oxygen atoms in total. The lowest BCUT2D eigenvalue weighted by Gasteiger charge is -2.44. The lowest BCUT2D eigenvalue weighted by molar-refractivity contribution is -0.127. The zero-order valence-electron chi connectivity index (χ0n) is 14.8. The van der Waals surface area contributed by atoms with Crippen molar-refractivity contribution >= 4 is 35.0 Å². The summed E-state index contributed by atoms with van der Waals surface area (Å²) in [6.07, 6.45) is 4.39. The summed E-state index contributed by atoms with van der Waals surface area (Å²) in [7, 11) is 0. The van der Waals surface area contributed by atoms with Gasteiger partial charge in [-0.2, -0.15) is 0 Å². The first kappa shape index (κ1) is 19.3. The van der Waals surface area contributed by atoms with Gasteiger partial charge in [0.1, 0.15) is 5.75 Å². The van der Waals surface area contributed by atoms with E-state index >= 15 is 0 Å². The molecule has 1 saturated carbocycles. The second kappa shape index (κ2) is 8.49. The lowest BCUT2D eigenvalue weighted by atomic mass is 9.70. The molecular formula is C19H24Cl2N2O3. The van der Waals surface area contributed by atoms with Gasteiger partial charge in [0, 0.05) is 23.5 Å². The van der Waals surface area contributed by atoms with Crippen LogP contribution in [0, 0.1) is 11.8 Å². The van der Waals surface area contributed by atoms with Crippen molar-refractivity contribution in [1.29, 1.82) is 0 Å². The minimum Gasteiger partial charge on any atom is -0.482 e. The minimum atomic E-state index is -0.186. The van der Waals surface area contributed by atoms with E-state index in [4.69, 9.17) is 27.9 Å². The average Bonchev–Trinajstić information content (AvgIpc) is 2.59. The van der Waals surface area contributed by atoms with Crippen LogP contribution in [0.4, 0.5) is 0 Å². The van der Waals surface area contributed by atoms with E-state index in [-0.39, 0.29) is 30.5 Å². The summed E-state index contributed by atoms with van der Waals surface area (Å²) in [5.74, 6) is 1.36. The lowest BCUT2D eigenvalue weighted by Crippen LogP contribution is -2.55. The van der Waals surface area contributed by atoms with Crippen LogP contribution >= 0.6 is 23.2 Å². The van der Waals surface area contributed by atoms with E-state index in [0.717, 1.165) is 25.7 Å². The van der Waals surface area contributed by atoms with Crippen LogP contribution in [0.2, 0.25) is 10.0 Å². The Morgan fingerprint density at radius 2 is 2.15 bits per heavy atom. The Morgan fingerprint density at radius 1 is 1.35 bits per heavy atom. The molecule has 4 unspecified atom stereocenters. The summed E-state index contributed by atoms with van der Waals surface area (Å²) in [5.41, 5.74) is 0. The van der Waals surface area contributed by atoms with E-state index < -0.39 is 0 Å². The first-order valence-corrected chi connectivity index (χ1v) is 9.88. The molecule has 2 N–H and O–H groups in total. The number of hydrogen-bond donors (Lipinski definition) is 2. The quantitative estimate of drug-likeness (QED) is 0.796. The smallest absolute Gasteiger partial charge is 0.258 e. The first-order chi connectivity index (χ1) is 12.5. The van der Waals surface area contributed by atoms with E-state index in [9.17, 15) is 9.59 Å². The van der Waals surface area contributed by atoms with Crippen LogP contribution in [0.25, 0.3) is 0 Å². The van der Waals surface area contributed by atoms with Gasteiger partial charge in [0.2, 0.25) is 5.91 Å². The normalized spacial score (nSPS) is 28.0. The van der Waals surface area contributed by atoms with E-state index in [0.29, 0.717) is 34.1 Å². The number of benzene rings is 1. The van der Waals surface area contributed by atoms with Gasteiger partial charge in [-0.1, -0.05) is 36.5 Å². The molecule has 1 aliphatic heterocycles. The number of amides is 2. The van der Waals surface area contributed by atoms with Crippen molar-refractivity contribution in [2.24, 2.45) is 11.8 Å². The molecule has 2 fully saturated rings. The number of piperidine rings is 1. The maximum Gasteiger partial charge on any atom is 0.258 e. The predicted molar refractivity (Wildman–Crippen MR) is 102 cm³/mol. The van der Waals surface area contributed by atoms with Gasteiger partial charge in [0.15, 0.2) is 6.61 Å². The van der Waals surface area contributed by atoms with Crippen molar-refractivity contribution in [1.82, 2.24) is 10.6 Å². The highest BCUT2D eigenvalue weighted by molar-refractivity contribution is 6.35. The van der Waals surface area contributed by atoms with Crippen molar-refractivity contribution < 1.29 is 14.3 Å². The van der Waals surface area contributed by atoms with Crippen LogP contribution < -0.4 is 15.4 Å². The van der Waals surface area contributed by atoms with Gasteiger partial charge in [-0.25, -0.2) is 0 Å². The molecular weight excluding hydrogens is 375 g/mol. The first-order valence-electron chi connectivity index (χ1n) is 9.12. The third-order valence-electron chi connectivity index (χ3n) is 5.45. The van der Waals surface area contributed by atoms with Crippen molar-refractivity contribution in [2.75, 3.05) is 6.61 Å². The predicted octanol–water partition coefficient (Wildman–Crippen LogP) is 3.57. The molecule has 7 heteroatoms. The van der Waals surface area contributed by atoms with Crippen LogP contribution in [0.5, 0.6) is 5.75 Å². The molecule has 1 saturated heterocycles. The second-order valence-electron chi connectivity index (χ2n) is 7.15. The molecule has 1 aromatic rings. The number of nitrogens with one attached hydrogen (secondary N) is 2. The standard InChI is InChI=1S/C19H24Cl2N2O3/c1-2-11-7-18(24)23-16-9-13(4-5-14(11)16)22-19(25)10-26-17-6-3-12(20)8-15(17)21/h3,6,8,11,13-14,16H,2,4-5,7,9-10H2,1H3,(H,22,25)(H,23,24). The summed E-state index contributed by atoms with van der Waals surface area (Å²) in [4.78, 5) is 24.1. The van der Waals surface area contributed by atoms with E-state index in [1.807, 2.05) is 0 Å². The van der Waals surface area contributed by atoms with Gasteiger partial charge >= 0.3 is 0 Å². The highest BCUT2D eigenvalue weighted by atomic mass is 35.5. The van der Waals surface area contributed by atoms with Crippen LogP contribution in [0.3, 0.4) is 0 Å². The van der Waals surface area contributed by atoms with Crippen molar-refractivity contribution in [3.63, 3.8) is 0 Å². The van der Waals surface area contributed by atoms with Gasteiger partial charge in [0.05, 0.1) is 5.02 Å². The average molecular weight is 399 g/mol. The number of carbonyl (C=O) groups excluding carboxylic acids is 2. The highest BCUT2D eigenvalue weighted by Gasteiger charge is 2.40. The fourth-order valence-corrected chi connectivity index (χ4v) is 4.63. The Labute approximate surface area is 163 Å². The van der Waals surface area contributed by atoms with Gasteiger partial charge < -0.3 is 15.4 Å². The summed E-state index contributed by atoms with van der Waals surface area (Å²) in [6, 6.07) is 5.10. The highest BCUT2D eigenvalue weighted by Crippen LogP contribution is 2.37. The zero-order chi connectivity index (χ0) is 18.7. The van der Waals surface area contributed by atoms with Crippen molar-refractivity contribution in [3.8, 4) is 5.75 Å². The number of rotatable bonds is 5. The van der Waals surface area contributed by atoms with Gasteiger partial charge in [0.25, 0.3) is 5.91 Å². The molecule has 2 aliphatic rings. The molecule has 0 spiro atoms. The Morgan fingerprint density at radius 3 is 2.88 bits per heavy atom. The number of hydrogen-bond acceptors (Lipinski definition) is 3. The van der Waals surface area contributed by atoms with Crippen molar-refractivity contribution in [3.05, 3.63) is 28.2 Å². The fourth-order valence-electron chi connectivity index (χ4n) is 4.16.